The van der Waals surface area contributed by atoms with Crippen LogP contribution in [0.2, 0.25) is 0 Å². The molecule has 0 N–H and O–H groups in total. The highest BCUT2D eigenvalue weighted by atomic mass is 79.9. The van der Waals surface area contributed by atoms with Crippen molar-refractivity contribution in [3.63, 3.8) is 0 Å². The molecule has 1 heterocycles. The van der Waals surface area contributed by atoms with Crippen molar-refractivity contribution in [2.45, 2.75) is 31.3 Å². The molecule has 0 spiro atoms. The van der Waals surface area contributed by atoms with Gasteiger partial charge in [-0.3, -0.25) is 4.90 Å². The van der Waals surface area contributed by atoms with Crippen molar-refractivity contribution in [1.82, 2.24) is 0 Å². The molecule has 0 radical (unpaired) electrons. The van der Waals surface area contributed by atoms with E-state index in [0.717, 1.165) is 0 Å². The van der Waals surface area contributed by atoms with Gasteiger partial charge in [-0.05, 0) is 48.8 Å². The molecule has 6 heteroatoms. The van der Waals surface area contributed by atoms with Gasteiger partial charge in [-0.15, -0.1) is 11.8 Å². The third-order valence-electron chi connectivity index (χ3n) is 2.50. The average Bonchev–Trinajstić information content (AvgIpc) is 2.31. The van der Waals surface area contributed by atoms with E-state index in [4.69, 9.17) is 4.74 Å². The van der Waals surface area contributed by atoms with E-state index in [-0.39, 0.29) is 5.82 Å². The molecule has 19 heavy (non-hydrogen) atoms. The maximum atomic E-state index is 14.0. The summed E-state index contributed by atoms with van der Waals surface area (Å²) in [5.74, 6) is 0.329. The fourth-order valence-electron chi connectivity index (χ4n) is 1.74. The molecule has 0 bridgehead atoms. The van der Waals surface area contributed by atoms with Gasteiger partial charge in [0, 0.05) is 12.3 Å². The molecule has 1 aliphatic rings. The van der Waals surface area contributed by atoms with Gasteiger partial charge in [-0.1, -0.05) is 0 Å². The normalized spacial score (nSPS) is 15.1. The number of ether oxygens (including phenoxy) is 1. The van der Waals surface area contributed by atoms with E-state index in [0.29, 0.717) is 27.4 Å². The van der Waals surface area contributed by atoms with Crippen molar-refractivity contribution < 1.29 is 13.9 Å². The SMILES string of the molecule is CC(C)(C)OC(=O)N1CCSc2c1ccc(Br)c2F. The average molecular weight is 348 g/mol. The molecule has 0 atom stereocenters. The number of thioether (sulfide) groups is 1. The molecule has 1 amide bonds. The summed E-state index contributed by atoms with van der Waals surface area (Å²) in [6.45, 7) is 5.96. The minimum atomic E-state index is -0.560. The molecular weight excluding hydrogens is 333 g/mol. The van der Waals surface area contributed by atoms with Crippen LogP contribution >= 0.6 is 27.7 Å². The summed E-state index contributed by atoms with van der Waals surface area (Å²) >= 11 is 4.57. The number of hydrogen-bond acceptors (Lipinski definition) is 3. The van der Waals surface area contributed by atoms with Crippen LogP contribution in [0.3, 0.4) is 0 Å². The summed E-state index contributed by atoms with van der Waals surface area (Å²) in [5, 5.41) is 0. The number of nitrogens with zero attached hydrogens (tertiary/aromatic N) is 1. The maximum Gasteiger partial charge on any atom is 0.414 e. The first-order valence-corrected chi connectivity index (χ1v) is 7.69. The van der Waals surface area contributed by atoms with Gasteiger partial charge in [0.25, 0.3) is 0 Å². The van der Waals surface area contributed by atoms with E-state index in [1.54, 1.807) is 12.1 Å². The summed E-state index contributed by atoms with van der Waals surface area (Å²) < 4.78 is 19.8. The number of halogens is 2. The second-order valence-corrected chi connectivity index (χ2v) is 7.15. The molecule has 104 valence electrons. The molecule has 0 saturated carbocycles. The highest BCUT2D eigenvalue weighted by molar-refractivity contribution is 9.10. The maximum absolute atomic E-state index is 14.0. The molecule has 3 nitrogen and oxygen atoms in total. The number of hydrogen-bond donors (Lipinski definition) is 0. The lowest BCUT2D eigenvalue weighted by Gasteiger charge is -2.31. The van der Waals surface area contributed by atoms with Crippen LogP contribution in [-0.2, 0) is 4.74 Å². The minimum absolute atomic E-state index is 0.323. The number of benzene rings is 1. The summed E-state index contributed by atoms with van der Waals surface area (Å²) in [5.41, 5.74) is 0.0154. The van der Waals surface area contributed by atoms with Gasteiger partial charge in [-0.25, -0.2) is 9.18 Å². The standard InChI is InChI=1S/C13H15BrFNO2S/c1-13(2,3)18-12(17)16-6-7-19-11-9(16)5-4-8(14)10(11)15/h4-5H,6-7H2,1-3H3. The second-order valence-electron chi connectivity index (χ2n) is 5.19. The number of anilines is 1. The van der Waals surface area contributed by atoms with Crippen LogP contribution in [0.5, 0.6) is 0 Å². The van der Waals surface area contributed by atoms with Crippen molar-refractivity contribution in [2.75, 3.05) is 17.2 Å². The number of fused-ring (bicyclic) bond motifs is 1. The monoisotopic (exact) mass is 347 g/mol. The van der Waals surface area contributed by atoms with Gasteiger partial charge >= 0.3 is 6.09 Å². The number of carbonyl (C=O) groups is 1. The summed E-state index contributed by atoms with van der Waals surface area (Å²) in [7, 11) is 0. The van der Waals surface area contributed by atoms with Crippen molar-refractivity contribution in [2.24, 2.45) is 0 Å². The topological polar surface area (TPSA) is 29.5 Å². The zero-order valence-electron chi connectivity index (χ0n) is 11.0. The van der Waals surface area contributed by atoms with Crippen LogP contribution in [0, 0.1) is 5.82 Å². The number of carbonyl (C=O) groups excluding carboxylic acids is 1. The lowest BCUT2D eigenvalue weighted by Crippen LogP contribution is -2.40. The Labute approximate surface area is 124 Å². The zero-order chi connectivity index (χ0) is 14.2. The molecule has 0 aliphatic carbocycles. The molecule has 1 aliphatic heterocycles. The van der Waals surface area contributed by atoms with Crippen LogP contribution in [-0.4, -0.2) is 24.0 Å². The highest BCUT2D eigenvalue weighted by Gasteiger charge is 2.29. The van der Waals surface area contributed by atoms with Gasteiger partial charge in [0.15, 0.2) is 5.82 Å². The van der Waals surface area contributed by atoms with E-state index in [1.807, 2.05) is 20.8 Å². The minimum Gasteiger partial charge on any atom is -0.443 e. The van der Waals surface area contributed by atoms with Crippen molar-refractivity contribution in [1.29, 1.82) is 0 Å². The van der Waals surface area contributed by atoms with Crippen LogP contribution in [0.25, 0.3) is 0 Å². The van der Waals surface area contributed by atoms with Gasteiger partial charge in [-0.2, -0.15) is 0 Å². The lowest BCUT2D eigenvalue weighted by molar-refractivity contribution is 0.0581. The zero-order valence-corrected chi connectivity index (χ0v) is 13.4. The predicted octanol–water partition coefficient (Wildman–Crippen LogP) is 4.44. The molecule has 2 rings (SSSR count). The Morgan fingerprint density at radius 3 is 2.79 bits per heavy atom. The van der Waals surface area contributed by atoms with Gasteiger partial charge in [0.05, 0.1) is 15.1 Å². The fraction of sp³-hybridized carbons (Fsp3) is 0.462. The van der Waals surface area contributed by atoms with E-state index < -0.39 is 11.7 Å². The third-order valence-corrected chi connectivity index (χ3v) is 4.17. The van der Waals surface area contributed by atoms with E-state index in [9.17, 15) is 9.18 Å². The van der Waals surface area contributed by atoms with Gasteiger partial charge < -0.3 is 4.74 Å². The Balaban J connectivity index is 2.33. The van der Waals surface area contributed by atoms with Crippen molar-refractivity contribution in [3.8, 4) is 0 Å². The first-order valence-electron chi connectivity index (χ1n) is 5.91. The smallest absolute Gasteiger partial charge is 0.414 e. The summed E-state index contributed by atoms with van der Waals surface area (Å²) in [6, 6.07) is 3.34. The van der Waals surface area contributed by atoms with Gasteiger partial charge in [0.1, 0.15) is 5.60 Å². The van der Waals surface area contributed by atoms with E-state index >= 15 is 0 Å². The molecule has 1 aromatic rings. The highest BCUT2D eigenvalue weighted by Crippen LogP contribution is 2.39. The first kappa shape index (κ1) is 14.7. The van der Waals surface area contributed by atoms with E-state index in [2.05, 4.69) is 15.9 Å². The molecule has 1 aromatic carbocycles. The third kappa shape index (κ3) is 3.23. The number of amides is 1. The molecular formula is C13H15BrFNO2S. The Kier molecular flexibility index (Phi) is 4.11. The Morgan fingerprint density at radius 2 is 2.16 bits per heavy atom. The first-order chi connectivity index (χ1) is 8.79. The van der Waals surface area contributed by atoms with E-state index in [1.165, 1.54) is 16.7 Å². The van der Waals surface area contributed by atoms with Gasteiger partial charge in [0.2, 0.25) is 0 Å². The van der Waals surface area contributed by atoms with Crippen LogP contribution in [0.15, 0.2) is 21.5 Å². The summed E-state index contributed by atoms with van der Waals surface area (Å²) in [4.78, 5) is 14.1. The van der Waals surface area contributed by atoms with Crippen molar-refractivity contribution >= 4 is 39.5 Å². The molecule has 0 saturated heterocycles. The predicted molar refractivity (Wildman–Crippen MR) is 78.4 cm³/mol. The van der Waals surface area contributed by atoms with Crippen molar-refractivity contribution in [3.05, 3.63) is 22.4 Å². The van der Waals surface area contributed by atoms with Crippen LogP contribution in [0.4, 0.5) is 14.9 Å². The Bertz CT molecular complexity index is 516. The molecule has 0 aromatic heterocycles. The fourth-order valence-corrected chi connectivity index (χ4v) is 3.24. The molecule has 0 fully saturated rings. The molecule has 0 unspecified atom stereocenters. The quantitative estimate of drug-likeness (QED) is 0.694. The Hall–Kier alpha value is -0.750. The second kappa shape index (κ2) is 5.32. The lowest BCUT2D eigenvalue weighted by atomic mass is 10.2. The summed E-state index contributed by atoms with van der Waals surface area (Å²) in [6.07, 6.45) is -0.434. The van der Waals surface area contributed by atoms with Crippen LogP contribution < -0.4 is 4.90 Å². The largest absolute Gasteiger partial charge is 0.443 e. The number of rotatable bonds is 0. The van der Waals surface area contributed by atoms with Crippen LogP contribution in [0.1, 0.15) is 20.8 Å². The Morgan fingerprint density at radius 1 is 1.47 bits per heavy atom.